The van der Waals surface area contributed by atoms with Gasteiger partial charge in [0, 0.05) is 11.0 Å². The summed E-state index contributed by atoms with van der Waals surface area (Å²) in [5.41, 5.74) is 20.4. The van der Waals surface area contributed by atoms with Crippen LogP contribution in [0.5, 0.6) is 5.75 Å². The van der Waals surface area contributed by atoms with Crippen molar-refractivity contribution >= 4 is 112 Å². The first-order valence-electron chi connectivity index (χ1n) is 18.4. The molecule has 9 heteroatoms. The first kappa shape index (κ1) is 32.6. The number of benzene rings is 7. The van der Waals surface area contributed by atoms with Gasteiger partial charge in [-0.1, -0.05) is 120 Å². The predicted octanol–water partition coefficient (Wildman–Crippen LogP) is 0.537. The Kier molecular flexibility index (Phi) is 7.12. The maximum atomic E-state index is 11.3. The van der Waals surface area contributed by atoms with E-state index in [0.29, 0.717) is 5.75 Å². The molecular weight excluding hydrogens is 625 g/mol. The number of hydrogen-bond donors (Lipinski definition) is 1. The number of aromatic hydroxyl groups is 1. The summed E-state index contributed by atoms with van der Waals surface area (Å²) in [5, 5.41) is 16.3. The summed E-state index contributed by atoms with van der Waals surface area (Å²) in [7, 11) is 13.3. The van der Waals surface area contributed by atoms with E-state index in [1.54, 1.807) is 0 Å². The summed E-state index contributed by atoms with van der Waals surface area (Å²) in [6, 6.07) is 35.2. The van der Waals surface area contributed by atoms with Crippen LogP contribution in [0.25, 0.3) is 71.6 Å². The average molecular weight is 664 g/mol. The second kappa shape index (κ2) is 11.4. The highest BCUT2D eigenvalue weighted by Crippen LogP contribution is 2.49. The molecule has 1 aromatic heterocycles. The molecule has 0 spiro atoms. The Balaban J connectivity index is 1.40. The van der Waals surface area contributed by atoms with Crippen LogP contribution in [0, 0.1) is 6.92 Å². The van der Waals surface area contributed by atoms with Crippen molar-refractivity contribution in [2.24, 2.45) is 0 Å². The van der Waals surface area contributed by atoms with Gasteiger partial charge in [0.05, 0.1) is 16.7 Å². The molecule has 1 N–H and O–H groups in total. The molecule has 0 fully saturated rings. The molecule has 52 heavy (non-hydrogen) atoms. The van der Waals surface area contributed by atoms with Crippen molar-refractivity contribution in [2.45, 2.75) is 26.2 Å². The highest BCUT2D eigenvalue weighted by Gasteiger charge is 2.42. The lowest BCUT2D eigenvalue weighted by atomic mass is 9.63. The van der Waals surface area contributed by atoms with Crippen LogP contribution < -0.4 is 32.8 Å². The van der Waals surface area contributed by atoms with E-state index in [0.717, 1.165) is 33.5 Å². The number of phenolic OH excluding ortho intramolecular Hbond substituents is 1. The lowest BCUT2D eigenvalue weighted by Crippen LogP contribution is -2.39. The monoisotopic (exact) mass is 664 g/mol. The summed E-state index contributed by atoms with van der Waals surface area (Å²) in [5.74, 6) is 1.40. The van der Waals surface area contributed by atoms with Crippen LogP contribution in [-0.2, 0) is 5.41 Å². The molecule has 1 aliphatic rings. The van der Waals surface area contributed by atoms with Gasteiger partial charge in [-0.2, -0.15) is 0 Å². The minimum atomic E-state index is -0.280. The van der Waals surface area contributed by atoms with Crippen molar-refractivity contribution in [2.75, 3.05) is 0 Å². The molecule has 0 unspecified atom stereocenters. The topological polar surface area (TPSA) is 38.0 Å². The molecule has 0 atom stereocenters. The second-order valence-electron chi connectivity index (χ2n) is 15.4. The van der Waals surface area contributed by atoms with Crippen LogP contribution in [0.15, 0.2) is 97.1 Å². The standard InChI is InChI=1S/C43H38B6N2O/c1-20-50-26-17-9-11-19-28(26)51(20)27-18-10-8-16-25(27)29-21-12-4-6-14-23(21)30(24-15-7-5-13-22(24)29)33-36(44)34-31(37(45)39(33)47)32-35(43(34,2)3)40(48)42(52)41(49)38(32)46/h4-19,52H,44-49H2,1-3H3. The second-order valence-corrected chi connectivity index (χ2v) is 15.4. The van der Waals surface area contributed by atoms with Gasteiger partial charge < -0.3 is 5.11 Å². The van der Waals surface area contributed by atoms with Gasteiger partial charge in [0.25, 0.3) is 0 Å². The van der Waals surface area contributed by atoms with E-state index in [9.17, 15) is 5.11 Å². The number of aromatic nitrogens is 2. The minimum absolute atomic E-state index is 0.280. The number of phenols is 1. The third-order valence-corrected chi connectivity index (χ3v) is 12.4. The zero-order chi connectivity index (χ0) is 36.4. The molecule has 8 aromatic rings. The van der Waals surface area contributed by atoms with Crippen LogP contribution in [-0.4, -0.2) is 61.7 Å². The molecule has 0 aliphatic heterocycles. The minimum Gasteiger partial charge on any atom is -0.509 e. The van der Waals surface area contributed by atoms with Crippen LogP contribution in [0.1, 0.15) is 30.8 Å². The fourth-order valence-corrected chi connectivity index (χ4v) is 10.0. The van der Waals surface area contributed by atoms with Crippen molar-refractivity contribution in [3.05, 3.63) is 114 Å². The Bertz CT molecular complexity index is 2820. The molecule has 0 amide bonds. The Labute approximate surface area is 311 Å². The molecule has 9 rings (SSSR count). The normalized spacial score (nSPS) is 13.2. The van der Waals surface area contributed by atoms with Gasteiger partial charge in [-0.05, 0) is 91.1 Å². The molecular formula is C43H38B6N2O. The average Bonchev–Trinajstić information content (AvgIpc) is 3.61. The SMILES string of the molecule is Bc1c(B)c2c(c(B)c1O)C(C)(C)c1c(B)c(-c3c4ccccc4c(-c4ccccc4-n4c(C)nc5ccccc54)c4ccccc34)c(B)c(B)c1-2. The molecule has 0 saturated heterocycles. The van der Waals surface area contributed by atoms with Gasteiger partial charge in [0.2, 0.25) is 0 Å². The Morgan fingerprint density at radius 2 is 1.00 bits per heavy atom. The number of para-hydroxylation sites is 3. The van der Waals surface area contributed by atoms with Gasteiger partial charge in [0.15, 0.2) is 0 Å². The number of hydrogen-bond acceptors (Lipinski definition) is 2. The smallest absolute Gasteiger partial charge is 0.144 e. The summed E-state index contributed by atoms with van der Waals surface area (Å²) in [6.07, 6.45) is 0. The van der Waals surface area contributed by atoms with E-state index < -0.39 is 0 Å². The van der Waals surface area contributed by atoms with Crippen LogP contribution in [0.3, 0.4) is 0 Å². The van der Waals surface area contributed by atoms with Crippen LogP contribution in [0.2, 0.25) is 0 Å². The zero-order valence-electron chi connectivity index (χ0n) is 31.6. The third-order valence-electron chi connectivity index (χ3n) is 12.4. The fourth-order valence-electron chi connectivity index (χ4n) is 10.0. The number of imidazole rings is 1. The van der Waals surface area contributed by atoms with E-state index in [2.05, 4.69) is 169 Å². The molecule has 0 radical (unpaired) electrons. The van der Waals surface area contributed by atoms with Gasteiger partial charge in [-0.25, -0.2) is 4.98 Å². The number of fused-ring (bicyclic) bond motifs is 6. The molecule has 1 heterocycles. The molecule has 7 aromatic carbocycles. The first-order chi connectivity index (χ1) is 24.9. The van der Waals surface area contributed by atoms with Gasteiger partial charge in [0.1, 0.15) is 58.7 Å². The summed E-state index contributed by atoms with van der Waals surface area (Å²) >= 11 is 0. The zero-order valence-corrected chi connectivity index (χ0v) is 31.6. The van der Waals surface area contributed by atoms with Gasteiger partial charge in [-0.15, -0.1) is 0 Å². The van der Waals surface area contributed by atoms with Crippen molar-refractivity contribution in [3.63, 3.8) is 0 Å². The van der Waals surface area contributed by atoms with Crippen molar-refractivity contribution in [3.8, 4) is 44.8 Å². The lowest BCUT2D eigenvalue weighted by Gasteiger charge is -2.30. The van der Waals surface area contributed by atoms with E-state index in [4.69, 9.17) is 4.98 Å². The molecule has 1 aliphatic carbocycles. The summed E-state index contributed by atoms with van der Waals surface area (Å²) in [6.45, 7) is 6.80. The molecule has 3 nitrogen and oxygen atoms in total. The predicted molar refractivity (Wildman–Crippen MR) is 240 cm³/mol. The number of nitrogens with zero attached hydrogens (tertiary/aromatic N) is 2. The van der Waals surface area contributed by atoms with Crippen molar-refractivity contribution in [1.29, 1.82) is 0 Å². The van der Waals surface area contributed by atoms with E-state index in [1.807, 2.05) is 0 Å². The Morgan fingerprint density at radius 3 is 1.63 bits per heavy atom. The van der Waals surface area contributed by atoms with E-state index in [1.165, 1.54) is 87.9 Å². The van der Waals surface area contributed by atoms with Crippen molar-refractivity contribution in [1.82, 2.24) is 9.55 Å². The molecule has 244 valence electrons. The Morgan fingerprint density at radius 1 is 0.519 bits per heavy atom. The summed E-state index contributed by atoms with van der Waals surface area (Å²) < 4.78 is 2.31. The largest absolute Gasteiger partial charge is 0.509 e. The summed E-state index contributed by atoms with van der Waals surface area (Å²) in [4.78, 5) is 4.95. The Hall–Kier alpha value is -5.28. The maximum Gasteiger partial charge on any atom is 0.144 e. The maximum absolute atomic E-state index is 11.3. The number of rotatable bonds is 3. The van der Waals surface area contributed by atoms with Crippen LogP contribution >= 0.6 is 0 Å². The van der Waals surface area contributed by atoms with Crippen molar-refractivity contribution < 1.29 is 5.11 Å². The fraction of sp³-hybridized carbons (Fsp3) is 0.0930. The van der Waals surface area contributed by atoms with E-state index >= 15 is 0 Å². The lowest BCUT2D eigenvalue weighted by molar-refractivity contribution is 0.482. The molecule has 0 saturated carbocycles. The van der Waals surface area contributed by atoms with Gasteiger partial charge >= 0.3 is 0 Å². The first-order valence-corrected chi connectivity index (χ1v) is 18.4. The van der Waals surface area contributed by atoms with Crippen LogP contribution in [0.4, 0.5) is 0 Å². The molecule has 0 bridgehead atoms. The third kappa shape index (κ3) is 4.20. The quantitative estimate of drug-likeness (QED) is 0.222. The highest BCUT2D eigenvalue weighted by atomic mass is 16.3. The van der Waals surface area contributed by atoms with E-state index in [-0.39, 0.29) is 5.41 Å². The highest BCUT2D eigenvalue weighted by molar-refractivity contribution is 6.60. The number of aryl methyl sites for hydroxylation is 1. The van der Waals surface area contributed by atoms with Gasteiger partial charge in [-0.3, -0.25) is 4.57 Å².